The molecule has 1 atom stereocenters. The lowest BCUT2D eigenvalue weighted by Gasteiger charge is -2.24. The van der Waals surface area contributed by atoms with Crippen molar-refractivity contribution < 1.29 is 14.3 Å². The molecule has 0 aromatic heterocycles. The third-order valence-corrected chi connectivity index (χ3v) is 2.79. The summed E-state index contributed by atoms with van der Waals surface area (Å²) in [6.07, 6.45) is 0. The molecule has 0 saturated carbocycles. The Kier molecular flexibility index (Phi) is 4.55. The Morgan fingerprint density at radius 3 is 2.59 bits per heavy atom. The van der Waals surface area contributed by atoms with Gasteiger partial charge in [0.25, 0.3) is 0 Å². The number of rotatable bonds is 1. The molecule has 0 bridgehead atoms. The Morgan fingerprint density at radius 2 is 2.00 bits per heavy atom. The Bertz CT molecular complexity index is 410. The molecule has 0 amide bonds. The van der Waals surface area contributed by atoms with Crippen LogP contribution in [-0.4, -0.2) is 19.7 Å². The average Bonchev–Trinajstić information content (AvgIpc) is 2.36. The van der Waals surface area contributed by atoms with Crippen LogP contribution in [-0.2, 0) is 4.74 Å². The van der Waals surface area contributed by atoms with Crippen molar-refractivity contribution in [3.63, 3.8) is 0 Å². The van der Waals surface area contributed by atoms with Crippen LogP contribution in [0.25, 0.3) is 0 Å². The fourth-order valence-corrected chi connectivity index (χ4v) is 1.95. The zero-order valence-electron chi connectivity index (χ0n) is 11.2. The topological polar surface area (TPSA) is 35.5 Å². The molecule has 1 heterocycles. The molecular weight excluding hydrogens is 216 g/mol. The molecule has 2 rings (SSSR count). The van der Waals surface area contributed by atoms with Gasteiger partial charge in [-0.25, -0.2) is 4.79 Å². The predicted molar refractivity (Wildman–Crippen MR) is 67.8 cm³/mol. The monoisotopic (exact) mass is 236 g/mol. The van der Waals surface area contributed by atoms with Crippen molar-refractivity contribution in [2.24, 2.45) is 0 Å². The van der Waals surface area contributed by atoms with Gasteiger partial charge in [-0.15, -0.1) is 0 Å². The van der Waals surface area contributed by atoms with Gasteiger partial charge in [0.2, 0.25) is 0 Å². The average molecular weight is 236 g/mol. The van der Waals surface area contributed by atoms with Crippen LogP contribution >= 0.6 is 0 Å². The zero-order valence-corrected chi connectivity index (χ0v) is 11.2. The van der Waals surface area contributed by atoms with Gasteiger partial charge in [0.15, 0.2) is 0 Å². The molecule has 0 spiro atoms. The number of aryl methyl sites for hydroxylation is 1. The second kappa shape index (κ2) is 5.71. The van der Waals surface area contributed by atoms with Gasteiger partial charge in [0.1, 0.15) is 11.3 Å². The Hall–Kier alpha value is -1.51. The first-order valence-corrected chi connectivity index (χ1v) is 5.99. The van der Waals surface area contributed by atoms with Crippen molar-refractivity contribution >= 4 is 5.97 Å². The van der Waals surface area contributed by atoms with Crippen molar-refractivity contribution in [3.8, 4) is 5.75 Å². The van der Waals surface area contributed by atoms with Crippen LogP contribution in [0.15, 0.2) is 12.1 Å². The minimum Gasteiger partial charge on any atom is -0.496 e. The molecule has 17 heavy (non-hydrogen) atoms. The number of methoxy groups -OCH3 is 1. The maximum Gasteiger partial charge on any atom is 0.342 e. The van der Waals surface area contributed by atoms with Crippen molar-refractivity contribution in [1.82, 2.24) is 0 Å². The third-order valence-electron chi connectivity index (χ3n) is 2.79. The van der Waals surface area contributed by atoms with Crippen LogP contribution in [0.4, 0.5) is 0 Å². The van der Waals surface area contributed by atoms with Gasteiger partial charge in [-0.3, -0.25) is 0 Å². The molecule has 1 aromatic rings. The summed E-state index contributed by atoms with van der Waals surface area (Å²) in [5, 5.41) is 0. The highest BCUT2D eigenvalue weighted by Gasteiger charge is 2.28. The summed E-state index contributed by atoms with van der Waals surface area (Å²) in [6, 6.07) is 3.96. The summed E-state index contributed by atoms with van der Waals surface area (Å²) in [4.78, 5) is 11.7. The number of carbonyl (C=O) groups excluding carboxylic acids is 1. The van der Waals surface area contributed by atoms with E-state index in [9.17, 15) is 4.79 Å². The lowest BCUT2D eigenvalue weighted by atomic mass is 9.92. The highest BCUT2D eigenvalue weighted by atomic mass is 16.5. The lowest BCUT2D eigenvalue weighted by Crippen LogP contribution is -2.22. The molecule has 0 saturated heterocycles. The van der Waals surface area contributed by atoms with Gasteiger partial charge < -0.3 is 9.47 Å². The third kappa shape index (κ3) is 2.43. The number of cyclic esters (lactones) is 1. The molecule has 3 heteroatoms. The fourth-order valence-electron chi connectivity index (χ4n) is 1.95. The van der Waals surface area contributed by atoms with E-state index >= 15 is 0 Å². The smallest absolute Gasteiger partial charge is 0.342 e. The molecule has 94 valence electrons. The molecule has 0 aliphatic carbocycles. The molecule has 0 radical (unpaired) electrons. The number of ether oxygens (including phenoxy) is 2. The summed E-state index contributed by atoms with van der Waals surface area (Å²) < 4.78 is 10.4. The van der Waals surface area contributed by atoms with Gasteiger partial charge in [-0.05, 0) is 18.1 Å². The number of fused-ring (bicyclic) bond motifs is 1. The first kappa shape index (κ1) is 13.6. The fraction of sp³-hybridized carbons (Fsp3) is 0.500. The number of hydrogen-bond donors (Lipinski definition) is 0. The summed E-state index contributed by atoms with van der Waals surface area (Å²) in [6.45, 7) is 8.42. The van der Waals surface area contributed by atoms with E-state index < -0.39 is 0 Å². The molecule has 0 fully saturated rings. The van der Waals surface area contributed by atoms with E-state index in [4.69, 9.17) is 9.47 Å². The van der Waals surface area contributed by atoms with Crippen LogP contribution < -0.4 is 4.74 Å². The minimum absolute atomic E-state index is 0.243. The SMILES string of the molecule is CC.COc1c(C)ccc2c1C(=O)OC[C@H]2C. The predicted octanol–water partition coefficient (Wildman–Crippen LogP) is 3.30. The van der Waals surface area contributed by atoms with E-state index in [1.165, 1.54) is 0 Å². The summed E-state index contributed by atoms with van der Waals surface area (Å²) in [5.41, 5.74) is 2.58. The largest absolute Gasteiger partial charge is 0.496 e. The van der Waals surface area contributed by atoms with Crippen molar-refractivity contribution in [1.29, 1.82) is 0 Å². The molecule has 0 N–H and O–H groups in total. The van der Waals surface area contributed by atoms with E-state index in [-0.39, 0.29) is 11.9 Å². The molecular formula is C14H20O3. The second-order valence-corrected chi connectivity index (χ2v) is 3.88. The highest BCUT2D eigenvalue weighted by molar-refractivity contribution is 5.96. The Morgan fingerprint density at radius 1 is 1.35 bits per heavy atom. The van der Waals surface area contributed by atoms with E-state index in [2.05, 4.69) is 0 Å². The molecule has 3 nitrogen and oxygen atoms in total. The van der Waals surface area contributed by atoms with Crippen LogP contribution in [0.5, 0.6) is 5.75 Å². The quantitative estimate of drug-likeness (QED) is 0.702. The summed E-state index contributed by atoms with van der Waals surface area (Å²) >= 11 is 0. The number of benzene rings is 1. The van der Waals surface area contributed by atoms with Crippen LogP contribution in [0, 0.1) is 6.92 Å². The van der Waals surface area contributed by atoms with Gasteiger partial charge in [-0.1, -0.05) is 32.9 Å². The van der Waals surface area contributed by atoms with Crippen LogP contribution in [0.3, 0.4) is 0 Å². The van der Waals surface area contributed by atoms with Gasteiger partial charge in [0, 0.05) is 5.92 Å². The van der Waals surface area contributed by atoms with E-state index in [0.29, 0.717) is 17.9 Å². The normalized spacial score (nSPS) is 17.5. The molecule has 0 unspecified atom stereocenters. The maximum atomic E-state index is 11.7. The number of hydrogen-bond acceptors (Lipinski definition) is 3. The van der Waals surface area contributed by atoms with Crippen molar-refractivity contribution in [3.05, 3.63) is 28.8 Å². The number of carbonyl (C=O) groups is 1. The van der Waals surface area contributed by atoms with Gasteiger partial charge >= 0.3 is 5.97 Å². The highest BCUT2D eigenvalue weighted by Crippen LogP contribution is 2.34. The summed E-state index contributed by atoms with van der Waals surface area (Å²) in [7, 11) is 1.58. The first-order valence-electron chi connectivity index (χ1n) is 5.99. The van der Waals surface area contributed by atoms with Crippen LogP contribution in [0.2, 0.25) is 0 Å². The standard InChI is InChI=1S/C12H14O3.C2H6/c1-7-4-5-9-8(2)6-15-12(13)10(9)11(7)14-3;1-2/h4-5,8H,6H2,1-3H3;1-2H3/t8-;/m1./s1. The zero-order chi connectivity index (χ0) is 13.0. The van der Waals surface area contributed by atoms with Crippen molar-refractivity contribution in [2.45, 2.75) is 33.6 Å². The summed E-state index contributed by atoms with van der Waals surface area (Å²) in [5.74, 6) is 0.611. The molecule has 1 aromatic carbocycles. The Labute approximate surface area is 103 Å². The van der Waals surface area contributed by atoms with E-state index in [1.807, 2.05) is 39.8 Å². The van der Waals surface area contributed by atoms with Gasteiger partial charge in [0.05, 0.1) is 13.7 Å². The van der Waals surface area contributed by atoms with Crippen molar-refractivity contribution in [2.75, 3.05) is 13.7 Å². The van der Waals surface area contributed by atoms with E-state index in [1.54, 1.807) is 7.11 Å². The Balaban J connectivity index is 0.000000686. The second-order valence-electron chi connectivity index (χ2n) is 3.88. The minimum atomic E-state index is -0.274. The lowest BCUT2D eigenvalue weighted by molar-refractivity contribution is 0.0444. The molecule has 1 aliphatic rings. The number of esters is 1. The maximum absolute atomic E-state index is 11.7. The molecule has 1 aliphatic heterocycles. The van der Waals surface area contributed by atoms with Crippen LogP contribution in [0.1, 0.15) is 48.2 Å². The first-order chi connectivity index (χ1) is 8.15. The van der Waals surface area contributed by atoms with E-state index in [0.717, 1.165) is 11.1 Å². The van der Waals surface area contributed by atoms with Gasteiger partial charge in [-0.2, -0.15) is 0 Å².